The van der Waals surface area contributed by atoms with E-state index in [9.17, 15) is 14.4 Å². The summed E-state index contributed by atoms with van der Waals surface area (Å²) >= 11 is 0. The Kier molecular flexibility index (Phi) is 8.85. The molecule has 0 saturated carbocycles. The Morgan fingerprint density at radius 1 is 1.09 bits per heavy atom. The van der Waals surface area contributed by atoms with Crippen LogP contribution in [0.2, 0.25) is 0 Å². The van der Waals surface area contributed by atoms with Crippen LogP contribution in [0.1, 0.15) is 43.0 Å². The van der Waals surface area contributed by atoms with Crippen molar-refractivity contribution in [2.45, 2.75) is 39.8 Å². The molecule has 3 rings (SSSR count). The standard InChI is InChI=1S/C24H31N5O6/c1-5-28(6-2)14-16-9-10-19(35-16)23(31)27-26-22(30)8-7-11-29-15-25-18-13-21(34-4)20(33-3)12-17(18)24(29)32/h9-10,12-13,15H,5-8,11,14H2,1-4H3,(H,26,30)(H,27,31). The van der Waals surface area contributed by atoms with Crippen LogP contribution in [-0.2, 0) is 17.9 Å². The number of carbonyl (C=O) groups excluding carboxylic acids is 2. The number of rotatable bonds is 11. The molecule has 0 aliphatic rings. The third-order valence-electron chi connectivity index (χ3n) is 5.61. The topological polar surface area (TPSA) is 128 Å². The minimum atomic E-state index is -0.538. The van der Waals surface area contributed by atoms with E-state index in [4.69, 9.17) is 13.9 Å². The summed E-state index contributed by atoms with van der Waals surface area (Å²) in [6, 6.07) is 6.55. The summed E-state index contributed by atoms with van der Waals surface area (Å²) in [6.45, 7) is 6.74. The first-order valence-electron chi connectivity index (χ1n) is 11.4. The SMILES string of the molecule is CCN(CC)Cc1ccc(C(=O)NNC(=O)CCCn2cnc3cc(OC)c(OC)cc3c2=O)o1. The van der Waals surface area contributed by atoms with Crippen molar-refractivity contribution in [3.05, 3.63) is 52.5 Å². The molecule has 11 heteroatoms. The molecule has 2 N–H and O–H groups in total. The first kappa shape index (κ1) is 25.8. The number of ether oxygens (including phenoxy) is 2. The average molecular weight is 486 g/mol. The van der Waals surface area contributed by atoms with Crippen molar-refractivity contribution < 1.29 is 23.5 Å². The van der Waals surface area contributed by atoms with E-state index in [0.717, 1.165) is 13.1 Å². The fourth-order valence-corrected chi connectivity index (χ4v) is 3.56. The van der Waals surface area contributed by atoms with E-state index < -0.39 is 5.91 Å². The second-order valence-corrected chi connectivity index (χ2v) is 7.80. The van der Waals surface area contributed by atoms with Crippen molar-refractivity contribution in [3.63, 3.8) is 0 Å². The van der Waals surface area contributed by atoms with Crippen molar-refractivity contribution in [1.82, 2.24) is 25.3 Å². The highest BCUT2D eigenvalue weighted by Crippen LogP contribution is 2.29. The van der Waals surface area contributed by atoms with Gasteiger partial charge in [-0.25, -0.2) is 4.98 Å². The van der Waals surface area contributed by atoms with E-state index >= 15 is 0 Å². The van der Waals surface area contributed by atoms with Gasteiger partial charge in [-0.1, -0.05) is 13.8 Å². The number of benzene rings is 1. The van der Waals surface area contributed by atoms with Gasteiger partial charge in [0.25, 0.3) is 5.56 Å². The number of aromatic nitrogens is 2. The maximum Gasteiger partial charge on any atom is 0.305 e. The van der Waals surface area contributed by atoms with Crippen LogP contribution in [0.15, 0.2) is 39.8 Å². The largest absolute Gasteiger partial charge is 0.493 e. The van der Waals surface area contributed by atoms with Gasteiger partial charge in [0.15, 0.2) is 17.3 Å². The predicted octanol–water partition coefficient (Wildman–Crippen LogP) is 2.09. The fourth-order valence-electron chi connectivity index (χ4n) is 3.56. The minimum absolute atomic E-state index is 0.0993. The third-order valence-corrected chi connectivity index (χ3v) is 5.61. The lowest BCUT2D eigenvalue weighted by atomic mass is 10.2. The number of hydrogen-bond donors (Lipinski definition) is 2. The number of methoxy groups -OCH3 is 2. The molecular weight excluding hydrogens is 454 g/mol. The van der Waals surface area contributed by atoms with Gasteiger partial charge < -0.3 is 13.9 Å². The number of hydrazine groups is 1. The van der Waals surface area contributed by atoms with Crippen LogP contribution < -0.4 is 25.9 Å². The van der Waals surface area contributed by atoms with Gasteiger partial charge in [-0.2, -0.15) is 0 Å². The summed E-state index contributed by atoms with van der Waals surface area (Å²) in [5.74, 6) is 0.787. The average Bonchev–Trinajstić information content (AvgIpc) is 3.35. The van der Waals surface area contributed by atoms with Gasteiger partial charge >= 0.3 is 5.91 Å². The molecule has 2 amide bonds. The number of hydrogen-bond acceptors (Lipinski definition) is 8. The molecule has 0 bridgehead atoms. The van der Waals surface area contributed by atoms with Gasteiger partial charge in [-0.05, 0) is 37.7 Å². The van der Waals surface area contributed by atoms with Gasteiger partial charge in [0, 0.05) is 19.0 Å². The number of nitrogens with zero attached hydrogens (tertiary/aromatic N) is 3. The van der Waals surface area contributed by atoms with Crippen LogP contribution in [0.25, 0.3) is 10.9 Å². The molecule has 2 aromatic heterocycles. The Morgan fingerprint density at radius 3 is 2.49 bits per heavy atom. The fraction of sp³-hybridized carbons (Fsp3) is 0.417. The van der Waals surface area contributed by atoms with E-state index in [1.807, 2.05) is 0 Å². The van der Waals surface area contributed by atoms with Crippen LogP contribution in [0, 0.1) is 0 Å². The molecule has 0 aliphatic carbocycles. The molecule has 0 fully saturated rings. The monoisotopic (exact) mass is 485 g/mol. The summed E-state index contributed by atoms with van der Waals surface area (Å²) in [4.78, 5) is 43.7. The Morgan fingerprint density at radius 2 is 1.80 bits per heavy atom. The Bertz CT molecular complexity index is 1230. The molecule has 0 saturated heterocycles. The third kappa shape index (κ3) is 6.38. The van der Waals surface area contributed by atoms with E-state index in [1.165, 1.54) is 25.1 Å². The molecular formula is C24H31N5O6. The molecule has 0 aliphatic heterocycles. The Labute approximate surface area is 203 Å². The van der Waals surface area contributed by atoms with Crippen molar-refractivity contribution in [2.75, 3.05) is 27.3 Å². The first-order chi connectivity index (χ1) is 16.9. The highest BCUT2D eigenvalue weighted by atomic mass is 16.5. The maximum atomic E-state index is 12.8. The molecule has 0 spiro atoms. The molecule has 0 unspecified atom stereocenters. The van der Waals surface area contributed by atoms with Gasteiger partial charge in [-0.3, -0.25) is 34.7 Å². The number of nitrogens with one attached hydrogen (secondary N) is 2. The van der Waals surface area contributed by atoms with Gasteiger partial charge in [0.2, 0.25) is 5.91 Å². The van der Waals surface area contributed by atoms with Crippen LogP contribution in [0.4, 0.5) is 0 Å². The highest BCUT2D eigenvalue weighted by Gasteiger charge is 2.14. The molecule has 35 heavy (non-hydrogen) atoms. The number of aryl methyl sites for hydroxylation is 1. The number of fused-ring (bicyclic) bond motifs is 1. The molecule has 0 radical (unpaired) electrons. The maximum absolute atomic E-state index is 12.8. The lowest BCUT2D eigenvalue weighted by Gasteiger charge is -2.15. The van der Waals surface area contributed by atoms with Crippen LogP contribution in [0.3, 0.4) is 0 Å². The summed E-state index contributed by atoms with van der Waals surface area (Å²) < 4.78 is 17.5. The summed E-state index contributed by atoms with van der Waals surface area (Å²) in [7, 11) is 3.00. The van der Waals surface area contributed by atoms with Gasteiger partial charge in [-0.15, -0.1) is 0 Å². The van der Waals surface area contributed by atoms with Gasteiger partial charge in [0.1, 0.15) is 5.76 Å². The smallest absolute Gasteiger partial charge is 0.305 e. The van der Waals surface area contributed by atoms with E-state index in [1.54, 1.807) is 24.3 Å². The van der Waals surface area contributed by atoms with Crippen molar-refractivity contribution in [3.8, 4) is 11.5 Å². The molecule has 2 heterocycles. The minimum Gasteiger partial charge on any atom is -0.493 e. The number of furan rings is 1. The second-order valence-electron chi connectivity index (χ2n) is 7.80. The van der Waals surface area contributed by atoms with Gasteiger partial charge in [0.05, 0.1) is 38.0 Å². The first-order valence-corrected chi connectivity index (χ1v) is 11.4. The van der Waals surface area contributed by atoms with E-state index in [2.05, 4.69) is 34.6 Å². The van der Waals surface area contributed by atoms with E-state index in [-0.39, 0.29) is 30.2 Å². The normalized spacial score (nSPS) is 11.0. The summed E-state index contributed by atoms with van der Waals surface area (Å²) in [5, 5.41) is 0.390. The summed E-state index contributed by atoms with van der Waals surface area (Å²) in [6.07, 6.45) is 1.90. The van der Waals surface area contributed by atoms with Crippen molar-refractivity contribution in [2.24, 2.45) is 0 Å². The molecule has 1 aromatic carbocycles. The number of amides is 2. The van der Waals surface area contributed by atoms with Crippen molar-refractivity contribution in [1.29, 1.82) is 0 Å². The molecule has 3 aromatic rings. The molecule has 11 nitrogen and oxygen atoms in total. The highest BCUT2D eigenvalue weighted by molar-refractivity contribution is 5.92. The van der Waals surface area contributed by atoms with E-state index in [0.29, 0.717) is 41.1 Å². The zero-order chi connectivity index (χ0) is 25.4. The Hall–Kier alpha value is -3.86. The Balaban J connectivity index is 1.51. The summed E-state index contributed by atoms with van der Waals surface area (Å²) in [5.41, 5.74) is 4.96. The van der Waals surface area contributed by atoms with Crippen LogP contribution in [-0.4, -0.2) is 53.6 Å². The quantitative estimate of drug-likeness (QED) is 0.395. The lowest BCUT2D eigenvalue weighted by molar-refractivity contribution is -0.122. The number of carbonyl (C=O) groups is 2. The van der Waals surface area contributed by atoms with Crippen LogP contribution in [0.5, 0.6) is 11.5 Å². The zero-order valence-electron chi connectivity index (χ0n) is 20.4. The molecule has 0 atom stereocenters. The van der Waals surface area contributed by atoms with Crippen molar-refractivity contribution >= 4 is 22.7 Å². The molecule has 188 valence electrons. The predicted molar refractivity (Wildman–Crippen MR) is 129 cm³/mol. The second kappa shape index (κ2) is 12.0. The van der Waals surface area contributed by atoms with Crippen LogP contribution >= 0.6 is 0 Å². The zero-order valence-corrected chi connectivity index (χ0v) is 20.4. The lowest BCUT2D eigenvalue weighted by Crippen LogP contribution is -2.41.